The predicted octanol–water partition coefficient (Wildman–Crippen LogP) is 2.13. The van der Waals surface area contributed by atoms with Crippen molar-refractivity contribution in [2.75, 3.05) is 0 Å². The average molecular weight is 405 g/mol. The van der Waals surface area contributed by atoms with E-state index in [4.69, 9.17) is 0 Å². The van der Waals surface area contributed by atoms with E-state index < -0.39 is 17.7 Å². The highest BCUT2D eigenvalue weighted by Gasteiger charge is 2.21. The molecule has 0 fully saturated rings. The summed E-state index contributed by atoms with van der Waals surface area (Å²) in [4.78, 5) is 36.5. The third-order valence-corrected chi connectivity index (χ3v) is 4.30. The first-order chi connectivity index (χ1) is 14.4. The van der Waals surface area contributed by atoms with Crippen molar-refractivity contribution in [1.82, 2.24) is 25.9 Å². The van der Waals surface area contributed by atoms with Crippen LogP contribution in [0.15, 0.2) is 60.8 Å². The molecule has 3 aromatic rings. The smallest absolute Gasteiger partial charge is 0.327 e. The van der Waals surface area contributed by atoms with Gasteiger partial charge < -0.3 is 5.32 Å². The largest absolute Gasteiger partial charge is 0.346 e. The fraction of sp³-hybridized carbons (Fsp3) is 0.182. The Morgan fingerprint density at radius 3 is 2.23 bits per heavy atom. The van der Waals surface area contributed by atoms with Crippen molar-refractivity contribution in [3.63, 3.8) is 0 Å². The van der Waals surface area contributed by atoms with Gasteiger partial charge in [-0.3, -0.25) is 25.2 Å². The van der Waals surface area contributed by atoms with Crippen LogP contribution in [0.4, 0.5) is 0 Å². The summed E-state index contributed by atoms with van der Waals surface area (Å²) in [7, 11) is 0. The Labute approximate surface area is 174 Å². The summed E-state index contributed by atoms with van der Waals surface area (Å²) in [6, 6.07) is 16.7. The molecule has 8 heteroatoms. The number of para-hydroxylation sites is 1. The number of rotatable bonds is 4. The minimum absolute atomic E-state index is 0.198. The van der Waals surface area contributed by atoms with Gasteiger partial charge in [-0.25, -0.2) is 4.68 Å². The van der Waals surface area contributed by atoms with E-state index in [1.807, 2.05) is 61.5 Å². The number of nitrogens with one attached hydrogen (secondary N) is 3. The highest BCUT2D eigenvalue weighted by molar-refractivity contribution is 6.35. The molecule has 8 nitrogen and oxygen atoms in total. The summed E-state index contributed by atoms with van der Waals surface area (Å²) in [5.74, 6) is -2.37. The maximum absolute atomic E-state index is 12.8. The Kier molecular flexibility index (Phi) is 6.26. The van der Waals surface area contributed by atoms with E-state index >= 15 is 0 Å². The SMILES string of the molecule is Cc1ccccc1-c1nn(-c2ccccc2)cc1C(=O)NNC(=O)C(=O)NC(C)C. The number of hydrazine groups is 1. The lowest BCUT2D eigenvalue weighted by atomic mass is 10.0. The Bertz CT molecular complexity index is 1070. The van der Waals surface area contributed by atoms with E-state index in [-0.39, 0.29) is 11.6 Å². The molecule has 0 aliphatic rings. The number of aromatic nitrogens is 2. The number of carbonyl (C=O) groups excluding carboxylic acids is 3. The Hall–Kier alpha value is -3.94. The van der Waals surface area contributed by atoms with E-state index in [0.29, 0.717) is 5.69 Å². The van der Waals surface area contributed by atoms with Crippen LogP contribution >= 0.6 is 0 Å². The molecule has 0 saturated carbocycles. The molecule has 154 valence electrons. The van der Waals surface area contributed by atoms with Gasteiger partial charge in [0.2, 0.25) is 0 Å². The monoisotopic (exact) mass is 405 g/mol. The van der Waals surface area contributed by atoms with Gasteiger partial charge in [-0.1, -0.05) is 42.5 Å². The van der Waals surface area contributed by atoms with Crippen LogP contribution in [0, 0.1) is 6.92 Å². The third kappa shape index (κ3) is 4.72. The summed E-state index contributed by atoms with van der Waals surface area (Å²) < 4.78 is 1.60. The van der Waals surface area contributed by atoms with E-state index in [1.165, 1.54) is 0 Å². The average Bonchev–Trinajstić information content (AvgIpc) is 3.17. The minimum Gasteiger partial charge on any atom is -0.346 e. The third-order valence-electron chi connectivity index (χ3n) is 4.30. The Morgan fingerprint density at radius 1 is 0.900 bits per heavy atom. The fourth-order valence-corrected chi connectivity index (χ4v) is 2.86. The summed E-state index contributed by atoms with van der Waals surface area (Å²) in [5, 5.41) is 7.06. The van der Waals surface area contributed by atoms with Crippen molar-refractivity contribution in [2.45, 2.75) is 26.8 Å². The zero-order chi connectivity index (χ0) is 21.7. The van der Waals surface area contributed by atoms with Gasteiger partial charge in [-0.05, 0) is 38.5 Å². The summed E-state index contributed by atoms with van der Waals surface area (Å²) in [6.07, 6.45) is 1.59. The second kappa shape index (κ2) is 9.04. The zero-order valence-electron chi connectivity index (χ0n) is 17.0. The summed E-state index contributed by atoms with van der Waals surface area (Å²) in [5.41, 5.74) is 7.69. The van der Waals surface area contributed by atoms with Crippen LogP contribution < -0.4 is 16.2 Å². The molecular formula is C22H23N5O3. The predicted molar refractivity (Wildman–Crippen MR) is 113 cm³/mol. The van der Waals surface area contributed by atoms with Gasteiger partial charge in [0.25, 0.3) is 5.91 Å². The first-order valence-corrected chi connectivity index (χ1v) is 9.49. The minimum atomic E-state index is -0.954. The van der Waals surface area contributed by atoms with Gasteiger partial charge in [0, 0.05) is 17.8 Å². The lowest BCUT2D eigenvalue weighted by molar-refractivity contribution is -0.139. The Balaban J connectivity index is 1.90. The zero-order valence-corrected chi connectivity index (χ0v) is 17.0. The molecule has 3 rings (SSSR count). The van der Waals surface area contributed by atoms with Gasteiger partial charge in [0.1, 0.15) is 5.69 Å². The van der Waals surface area contributed by atoms with Crippen LogP contribution in [-0.2, 0) is 9.59 Å². The number of aryl methyl sites for hydroxylation is 1. The quantitative estimate of drug-likeness (QED) is 0.457. The van der Waals surface area contributed by atoms with Gasteiger partial charge in [0.05, 0.1) is 11.3 Å². The van der Waals surface area contributed by atoms with Crippen LogP contribution in [-0.4, -0.2) is 33.5 Å². The first-order valence-electron chi connectivity index (χ1n) is 9.49. The van der Waals surface area contributed by atoms with Crippen molar-refractivity contribution in [1.29, 1.82) is 0 Å². The van der Waals surface area contributed by atoms with Crippen molar-refractivity contribution in [3.8, 4) is 16.9 Å². The molecule has 0 bridgehead atoms. The van der Waals surface area contributed by atoms with Gasteiger partial charge >= 0.3 is 11.8 Å². The van der Waals surface area contributed by atoms with Gasteiger partial charge in [0.15, 0.2) is 0 Å². The van der Waals surface area contributed by atoms with Crippen LogP contribution in [0.3, 0.4) is 0 Å². The van der Waals surface area contributed by atoms with Crippen LogP contribution in [0.2, 0.25) is 0 Å². The van der Waals surface area contributed by atoms with E-state index in [9.17, 15) is 14.4 Å². The van der Waals surface area contributed by atoms with Crippen molar-refractivity contribution in [3.05, 3.63) is 71.9 Å². The first kappa shape index (κ1) is 20.8. The van der Waals surface area contributed by atoms with E-state index in [2.05, 4.69) is 21.3 Å². The number of benzene rings is 2. The van der Waals surface area contributed by atoms with Crippen LogP contribution in [0.1, 0.15) is 29.8 Å². The Morgan fingerprint density at radius 2 is 1.57 bits per heavy atom. The normalized spacial score (nSPS) is 10.5. The molecule has 0 aliphatic carbocycles. The molecular weight excluding hydrogens is 382 g/mol. The molecule has 0 saturated heterocycles. The molecule has 0 unspecified atom stereocenters. The molecule has 1 heterocycles. The molecule has 30 heavy (non-hydrogen) atoms. The summed E-state index contributed by atoms with van der Waals surface area (Å²) in [6.45, 7) is 5.39. The number of amides is 3. The van der Waals surface area contributed by atoms with Gasteiger partial charge in [-0.15, -0.1) is 0 Å². The number of carbonyl (C=O) groups is 3. The molecule has 0 aliphatic heterocycles. The number of nitrogens with zero attached hydrogens (tertiary/aromatic N) is 2. The highest BCUT2D eigenvalue weighted by Crippen LogP contribution is 2.26. The topological polar surface area (TPSA) is 105 Å². The molecule has 0 atom stereocenters. The molecule has 3 N–H and O–H groups in total. The lowest BCUT2D eigenvalue weighted by Crippen LogP contribution is -2.49. The van der Waals surface area contributed by atoms with Gasteiger partial charge in [-0.2, -0.15) is 5.10 Å². The number of hydrogen-bond acceptors (Lipinski definition) is 4. The molecule has 1 aromatic heterocycles. The molecule has 3 amide bonds. The highest BCUT2D eigenvalue weighted by atomic mass is 16.2. The molecule has 0 radical (unpaired) electrons. The second-order valence-electron chi connectivity index (χ2n) is 7.02. The van der Waals surface area contributed by atoms with Crippen LogP contribution in [0.25, 0.3) is 16.9 Å². The van der Waals surface area contributed by atoms with E-state index in [1.54, 1.807) is 24.7 Å². The van der Waals surface area contributed by atoms with Crippen molar-refractivity contribution in [2.24, 2.45) is 0 Å². The molecule has 2 aromatic carbocycles. The maximum Gasteiger partial charge on any atom is 0.327 e. The standard InChI is InChI=1S/C22H23N5O3/c1-14(2)23-21(29)22(30)25-24-20(28)18-13-27(16-10-5-4-6-11-16)26-19(18)17-12-8-7-9-15(17)3/h4-14H,1-3H3,(H,23,29)(H,24,28)(H,25,30). The maximum atomic E-state index is 12.8. The van der Waals surface area contributed by atoms with Crippen LogP contribution in [0.5, 0.6) is 0 Å². The molecule has 0 spiro atoms. The second-order valence-corrected chi connectivity index (χ2v) is 7.02. The lowest BCUT2D eigenvalue weighted by Gasteiger charge is -2.10. The van der Waals surface area contributed by atoms with Crippen molar-refractivity contribution >= 4 is 17.7 Å². The van der Waals surface area contributed by atoms with Crippen molar-refractivity contribution < 1.29 is 14.4 Å². The number of hydrogen-bond donors (Lipinski definition) is 3. The van der Waals surface area contributed by atoms with E-state index in [0.717, 1.165) is 16.8 Å². The summed E-state index contributed by atoms with van der Waals surface area (Å²) >= 11 is 0. The fourth-order valence-electron chi connectivity index (χ4n) is 2.86.